The van der Waals surface area contributed by atoms with Gasteiger partial charge in [-0.3, -0.25) is 0 Å². The molecule has 1 aliphatic carbocycles. The lowest BCUT2D eigenvalue weighted by molar-refractivity contribution is 0.469. The molecule has 0 saturated carbocycles. The molecule has 2 heterocycles. The summed E-state index contributed by atoms with van der Waals surface area (Å²) in [6.07, 6.45) is 3.96. The summed E-state index contributed by atoms with van der Waals surface area (Å²) in [5.41, 5.74) is 2.34. The van der Waals surface area contributed by atoms with Gasteiger partial charge in [-0.2, -0.15) is 0 Å². The Hall–Kier alpha value is -1.69. The van der Waals surface area contributed by atoms with Gasteiger partial charge in [0.15, 0.2) is 0 Å². The van der Waals surface area contributed by atoms with Gasteiger partial charge < -0.3 is 10.4 Å². The Morgan fingerprint density at radius 1 is 1.27 bits per heavy atom. The zero-order valence-electron chi connectivity index (χ0n) is 12.0. The molecule has 2 aromatic heterocycles. The molecule has 22 heavy (non-hydrogen) atoms. The van der Waals surface area contributed by atoms with Crippen LogP contribution in [0, 0.1) is 0 Å². The van der Waals surface area contributed by atoms with E-state index in [1.165, 1.54) is 15.3 Å². The molecular formula is C17H16N2OS2. The first-order valence-electron chi connectivity index (χ1n) is 7.34. The number of thiophene rings is 1. The zero-order chi connectivity index (χ0) is 14.9. The molecule has 0 aliphatic heterocycles. The van der Waals surface area contributed by atoms with E-state index in [1.807, 2.05) is 12.3 Å². The lowest BCUT2D eigenvalue weighted by Gasteiger charge is -2.13. The number of phenols is 1. The summed E-state index contributed by atoms with van der Waals surface area (Å²) in [5.74, 6) is 0.430. The molecule has 3 aromatic rings. The highest BCUT2D eigenvalue weighted by Crippen LogP contribution is 2.36. The molecule has 0 bridgehead atoms. The van der Waals surface area contributed by atoms with Crippen LogP contribution in [0.25, 0.3) is 9.88 Å². The molecule has 4 rings (SSSR count). The van der Waals surface area contributed by atoms with Crippen molar-refractivity contribution in [2.75, 3.05) is 0 Å². The normalized spacial score (nSPS) is 16.8. The highest BCUT2D eigenvalue weighted by molar-refractivity contribution is 7.20. The maximum atomic E-state index is 9.91. The second-order valence-corrected chi connectivity index (χ2v) is 7.49. The standard InChI is InChI=1S/C17H16N2OS2/c20-15-4-1-3-12-13(15)6-7-14(12)18-9-11-10-19-17(22-11)16-5-2-8-21-16/h1-5,8,10,14,18,20H,6-7,9H2/t14-/m1/s1. The van der Waals surface area contributed by atoms with E-state index in [0.29, 0.717) is 11.8 Å². The number of nitrogens with zero attached hydrogens (tertiary/aromatic N) is 1. The SMILES string of the molecule is Oc1cccc2c1CC[C@H]2NCc1cnc(-c2cccs2)s1. The molecule has 0 saturated heterocycles. The second-order valence-electron chi connectivity index (χ2n) is 5.43. The molecule has 2 N–H and O–H groups in total. The van der Waals surface area contributed by atoms with E-state index in [2.05, 4.69) is 33.9 Å². The average molecular weight is 328 g/mol. The predicted molar refractivity (Wildman–Crippen MR) is 91.4 cm³/mol. The first kappa shape index (κ1) is 13.9. The van der Waals surface area contributed by atoms with Crippen LogP contribution >= 0.6 is 22.7 Å². The Bertz CT molecular complexity index is 780. The Labute approximate surface area is 137 Å². The minimum Gasteiger partial charge on any atom is -0.508 e. The number of hydrogen-bond donors (Lipinski definition) is 2. The molecular weight excluding hydrogens is 312 g/mol. The van der Waals surface area contributed by atoms with Gasteiger partial charge in [-0.1, -0.05) is 18.2 Å². The van der Waals surface area contributed by atoms with Crippen molar-refractivity contribution in [3.05, 3.63) is 57.9 Å². The number of hydrogen-bond acceptors (Lipinski definition) is 5. The monoisotopic (exact) mass is 328 g/mol. The van der Waals surface area contributed by atoms with E-state index in [0.717, 1.165) is 30.0 Å². The molecule has 3 nitrogen and oxygen atoms in total. The van der Waals surface area contributed by atoms with Crippen LogP contribution in [0.2, 0.25) is 0 Å². The smallest absolute Gasteiger partial charge is 0.133 e. The molecule has 1 atom stereocenters. The fourth-order valence-electron chi connectivity index (χ4n) is 2.97. The fourth-order valence-corrected chi connectivity index (χ4v) is 4.64. The number of rotatable bonds is 4. The Kier molecular flexibility index (Phi) is 3.70. The lowest BCUT2D eigenvalue weighted by atomic mass is 10.1. The molecule has 0 radical (unpaired) electrons. The molecule has 0 amide bonds. The van der Waals surface area contributed by atoms with E-state index in [9.17, 15) is 5.11 Å². The quantitative estimate of drug-likeness (QED) is 0.748. The van der Waals surface area contributed by atoms with Gasteiger partial charge in [0, 0.05) is 23.7 Å². The highest BCUT2D eigenvalue weighted by Gasteiger charge is 2.24. The number of benzene rings is 1. The molecule has 0 fully saturated rings. The summed E-state index contributed by atoms with van der Waals surface area (Å²) < 4.78 is 0. The van der Waals surface area contributed by atoms with Crippen LogP contribution < -0.4 is 5.32 Å². The zero-order valence-corrected chi connectivity index (χ0v) is 13.6. The number of aromatic hydroxyl groups is 1. The van der Waals surface area contributed by atoms with Crippen molar-refractivity contribution < 1.29 is 5.11 Å². The molecule has 1 aliphatic rings. The topological polar surface area (TPSA) is 45.1 Å². The number of nitrogens with one attached hydrogen (secondary N) is 1. The van der Waals surface area contributed by atoms with Crippen molar-refractivity contribution >= 4 is 22.7 Å². The molecule has 0 unspecified atom stereocenters. The van der Waals surface area contributed by atoms with Crippen LogP contribution in [0.3, 0.4) is 0 Å². The summed E-state index contributed by atoms with van der Waals surface area (Å²) in [5, 5.41) is 16.7. The van der Waals surface area contributed by atoms with Crippen LogP contribution in [0.4, 0.5) is 0 Å². The van der Waals surface area contributed by atoms with Gasteiger partial charge in [-0.25, -0.2) is 4.98 Å². The third kappa shape index (κ3) is 2.56. The average Bonchev–Trinajstić information content (AvgIpc) is 3.26. The largest absolute Gasteiger partial charge is 0.508 e. The number of thiazole rings is 1. The predicted octanol–water partition coefficient (Wildman–Crippen LogP) is 4.35. The van der Waals surface area contributed by atoms with Crippen molar-refractivity contribution in [3.8, 4) is 15.6 Å². The molecule has 0 spiro atoms. The van der Waals surface area contributed by atoms with Crippen molar-refractivity contribution in [1.29, 1.82) is 0 Å². The molecule has 112 valence electrons. The Morgan fingerprint density at radius 2 is 2.23 bits per heavy atom. The van der Waals surface area contributed by atoms with Crippen LogP contribution in [-0.2, 0) is 13.0 Å². The van der Waals surface area contributed by atoms with Crippen LogP contribution in [0.15, 0.2) is 41.9 Å². The van der Waals surface area contributed by atoms with Gasteiger partial charge in [0.2, 0.25) is 0 Å². The van der Waals surface area contributed by atoms with E-state index in [4.69, 9.17) is 0 Å². The van der Waals surface area contributed by atoms with E-state index < -0.39 is 0 Å². The summed E-state index contributed by atoms with van der Waals surface area (Å²) in [4.78, 5) is 6.99. The van der Waals surface area contributed by atoms with Gasteiger partial charge in [-0.15, -0.1) is 22.7 Å². The maximum absolute atomic E-state index is 9.91. The minimum absolute atomic E-state index is 0.328. The maximum Gasteiger partial charge on any atom is 0.133 e. The molecule has 5 heteroatoms. The summed E-state index contributed by atoms with van der Waals surface area (Å²) in [6, 6.07) is 10.3. The first-order chi connectivity index (χ1) is 10.8. The van der Waals surface area contributed by atoms with Crippen LogP contribution in [0.5, 0.6) is 5.75 Å². The van der Waals surface area contributed by atoms with Gasteiger partial charge in [0.25, 0.3) is 0 Å². The van der Waals surface area contributed by atoms with Crippen LogP contribution in [0.1, 0.15) is 28.5 Å². The third-order valence-electron chi connectivity index (χ3n) is 4.05. The second kappa shape index (κ2) is 5.83. The summed E-state index contributed by atoms with van der Waals surface area (Å²) >= 11 is 3.47. The Morgan fingerprint density at radius 3 is 3.09 bits per heavy atom. The number of aromatic nitrogens is 1. The van der Waals surface area contributed by atoms with E-state index >= 15 is 0 Å². The van der Waals surface area contributed by atoms with Crippen molar-refractivity contribution in [2.45, 2.75) is 25.4 Å². The van der Waals surface area contributed by atoms with E-state index in [1.54, 1.807) is 28.7 Å². The third-order valence-corrected chi connectivity index (χ3v) is 6.09. The minimum atomic E-state index is 0.328. The Balaban J connectivity index is 1.45. The summed E-state index contributed by atoms with van der Waals surface area (Å²) in [7, 11) is 0. The van der Waals surface area contributed by atoms with Gasteiger partial charge >= 0.3 is 0 Å². The first-order valence-corrected chi connectivity index (χ1v) is 9.03. The number of fused-ring (bicyclic) bond motifs is 1. The fraction of sp³-hybridized carbons (Fsp3) is 0.235. The van der Waals surface area contributed by atoms with Gasteiger partial charge in [-0.05, 0) is 41.5 Å². The highest BCUT2D eigenvalue weighted by atomic mass is 32.1. The van der Waals surface area contributed by atoms with E-state index in [-0.39, 0.29) is 0 Å². The van der Waals surface area contributed by atoms with Crippen LogP contribution in [-0.4, -0.2) is 10.1 Å². The van der Waals surface area contributed by atoms with Gasteiger partial charge in [0.05, 0.1) is 4.88 Å². The lowest BCUT2D eigenvalue weighted by Crippen LogP contribution is -2.17. The summed E-state index contributed by atoms with van der Waals surface area (Å²) in [6.45, 7) is 0.822. The van der Waals surface area contributed by atoms with Crippen molar-refractivity contribution in [2.24, 2.45) is 0 Å². The van der Waals surface area contributed by atoms with Crippen molar-refractivity contribution in [3.63, 3.8) is 0 Å². The van der Waals surface area contributed by atoms with Crippen molar-refractivity contribution in [1.82, 2.24) is 10.3 Å². The molecule has 1 aromatic carbocycles. The van der Waals surface area contributed by atoms with Gasteiger partial charge in [0.1, 0.15) is 10.8 Å². The number of phenolic OH excluding ortho intramolecular Hbond substituents is 1.